The second-order valence-electron chi connectivity index (χ2n) is 6.49. The summed E-state index contributed by atoms with van der Waals surface area (Å²) in [6.45, 7) is 3.97. The summed E-state index contributed by atoms with van der Waals surface area (Å²) in [4.78, 5) is 29.1. The number of nitrogens with one attached hydrogen (secondary N) is 1. The van der Waals surface area contributed by atoms with Gasteiger partial charge >= 0.3 is 0 Å². The van der Waals surface area contributed by atoms with E-state index in [4.69, 9.17) is 4.74 Å². The Morgan fingerprint density at radius 3 is 2.45 bits per heavy atom. The molecule has 2 fully saturated rings. The van der Waals surface area contributed by atoms with E-state index in [1.165, 1.54) is 0 Å². The van der Waals surface area contributed by atoms with Crippen molar-refractivity contribution in [2.75, 3.05) is 53.5 Å². The van der Waals surface area contributed by atoms with Crippen LogP contribution in [-0.2, 0) is 14.3 Å². The lowest BCUT2D eigenvalue weighted by Gasteiger charge is -2.35. The van der Waals surface area contributed by atoms with Gasteiger partial charge < -0.3 is 19.9 Å². The molecule has 2 amide bonds. The average molecular weight is 311 g/mol. The van der Waals surface area contributed by atoms with Gasteiger partial charge in [0.05, 0.1) is 18.6 Å². The first-order valence-electron chi connectivity index (χ1n) is 8.35. The molecule has 0 radical (unpaired) electrons. The van der Waals surface area contributed by atoms with Crippen molar-refractivity contribution >= 4 is 11.8 Å². The Morgan fingerprint density at radius 1 is 1.23 bits per heavy atom. The highest BCUT2D eigenvalue weighted by Gasteiger charge is 2.44. The third kappa shape index (κ3) is 3.98. The number of carbonyl (C=O) groups excluding carboxylic acids is 2. The fourth-order valence-electron chi connectivity index (χ4n) is 3.52. The van der Waals surface area contributed by atoms with Crippen molar-refractivity contribution in [1.29, 1.82) is 0 Å². The van der Waals surface area contributed by atoms with E-state index in [-0.39, 0.29) is 11.8 Å². The van der Waals surface area contributed by atoms with E-state index >= 15 is 0 Å². The molecule has 0 aromatic rings. The predicted molar refractivity (Wildman–Crippen MR) is 84.5 cm³/mol. The number of hydrogen-bond acceptors (Lipinski definition) is 4. The molecule has 1 saturated heterocycles. The van der Waals surface area contributed by atoms with Crippen LogP contribution in [0.25, 0.3) is 0 Å². The van der Waals surface area contributed by atoms with Gasteiger partial charge in [-0.25, -0.2) is 0 Å². The Bertz CT molecular complexity index is 388. The molecule has 0 aromatic carbocycles. The molecule has 0 unspecified atom stereocenters. The zero-order valence-electron chi connectivity index (χ0n) is 13.9. The minimum atomic E-state index is -0.474. The molecule has 6 heteroatoms. The number of ether oxygens (including phenoxy) is 1. The zero-order valence-corrected chi connectivity index (χ0v) is 13.9. The summed E-state index contributed by atoms with van der Waals surface area (Å²) in [5, 5.41) is 3.07. The Morgan fingerprint density at radius 2 is 1.86 bits per heavy atom. The van der Waals surface area contributed by atoms with Gasteiger partial charge in [-0.2, -0.15) is 0 Å². The van der Waals surface area contributed by atoms with Gasteiger partial charge in [0.1, 0.15) is 0 Å². The minimum absolute atomic E-state index is 0.112. The van der Waals surface area contributed by atoms with Crippen LogP contribution in [0.2, 0.25) is 0 Å². The van der Waals surface area contributed by atoms with Crippen molar-refractivity contribution in [2.45, 2.75) is 32.1 Å². The average Bonchev–Trinajstić information content (AvgIpc) is 3.02. The van der Waals surface area contributed by atoms with Crippen molar-refractivity contribution < 1.29 is 14.3 Å². The molecule has 1 aliphatic heterocycles. The van der Waals surface area contributed by atoms with Gasteiger partial charge in [-0.3, -0.25) is 9.59 Å². The summed E-state index contributed by atoms with van der Waals surface area (Å²) in [6, 6.07) is 0. The first-order valence-corrected chi connectivity index (χ1v) is 8.35. The molecule has 0 atom stereocenters. The first kappa shape index (κ1) is 17.2. The van der Waals surface area contributed by atoms with Gasteiger partial charge in [0.25, 0.3) is 0 Å². The Balaban J connectivity index is 2.00. The van der Waals surface area contributed by atoms with Gasteiger partial charge in [0.15, 0.2) is 0 Å². The van der Waals surface area contributed by atoms with Crippen LogP contribution in [0.4, 0.5) is 0 Å². The maximum absolute atomic E-state index is 12.9. The molecular weight excluding hydrogens is 282 g/mol. The van der Waals surface area contributed by atoms with E-state index in [1.807, 2.05) is 19.0 Å². The van der Waals surface area contributed by atoms with E-state index in [2.05, 4.69) is 5.32 Å². The summed E-state index contributed by atoms with van der Waals surface area (Å²) in [6.07, 6.45) is 4.12. The molecule has 1 aliphatic carbocycles. The van der Waals surface area contributed by atoms with Gasteiger partial charge in [-0.05, 0) is 19.9 Å². The van der Waals surface area contributed by atoms with E-state index in [1.54, 1.807) is 4.90 Å². The standard InChI is InChI=1S/C16H29N3O3/c1-17-7-8-18(2)15(21)16(5-3-4-6-16)13-14(20)19-9-11-22-12-10-19/h17H,3-13H2,1-2H3. The molecule has 1 saturated carbocycles. The van der Waals surface area contributed by atoms with Crippen LogP contribution in [0.5, 0.6) is 0 Å². The second kappa shape index (κ2) is 7.92. The van der Waals surface area contributed by atoms with E-state index < -0.39 is 5.41 Å². The van der Waals surface area contributed by atoms with Crippen molar-refractivity contribution in [2.24, 2.45) is 5.41 Å². The summed E-state index contributed by atoms with van der Waals surface area (Å²) in [5.74, 6) is 0.252. The number of carbonyl (C=O) groups is 2. The van der Waals surface area contributed by atoms with Crippen LogP contribution < -0.4 is 5.32 Å². The largest absolute Gasteiger partial charge is 0.378 e. The summed E-state index contributed by atoms with van der Waals surface area (Å²) >= 11 is 0. The van der Waals surface area contributed by atoms with Crippen LogP contribution in [0.15, 0.2) is 0 Å². The maximum Gasteiger partial charge on any atom is 0.229 e. The quantitative estimate of drug-likeness (QED) is 0.775. The number of morpholine rings is 1. The van der Waals surface area contributed by atoms with Crippen molar-refractivity contribution in [1.82, 2.24) is 15.1 Å². The zero-order chi connectivity index (χ0) is 16.0. The molecule has 0 aromatic heterocycles. The number of rotatable bonds is 6. The molecule has 0 bridgehead atoms. The van der Waals surface area contributed by atoms with E-state index in [9.17, 15) is 9.59 Å². The molecule has 6 nitrogen and oxygen atoms in total. The molecule has 1 heterocycles. The summed E-state index contributed by atoms with van der Waals surface area (Å²) < 4.78 is 5.30. The topological polar surface area (TPSA) is 61.9 Å². The van der Waals surface area contributed by atoms with Gasteiger partial charge in [0, 0.05) is 39.6 Å². The SMILES string of the molecule is CNCCN(C)C(=O)C1(CC(=O)N2CCOCC2)CCCC1. The molecule has 0 spiro atoms. The monoisotopic (exact) mass is 311 g/mol. The number of nitrogens with zero attached hydrogens (tertiary/aromatic N) is 2. The van der Waals surface area contributed by atoms with Crippen LogP contribution in [0.1, 0.15) is 32.1 Å². The van der Waals surface area contributed by atoms with Crippen LogP contribution in [0.3, 0.4) is 0 Å². The van der Waals surface area contributed by atoms with E-state index in [0.717, 1.165) is 32.2 Å². The van der Waals surface area contributed by atoms with Gasteiger partial charge in [-0.15, -0.1) is 0 Å². The molecule has 22 heavy (non-hydrogen) atoms. The Labute approximate surface area is 133 Å². The highest BCUT2D eigenvalue weighted by Crippen LogP contribution is 2.43. The second-order valence-corrected chi connectivity index (χ2v) is 6.49. The number of likely N-dealkylation sites (N-methyl/N-ethyl adjacent to an activating group) is 2. The lowest BCUT2D eigenvalue weighted by atomic mass is 9.80. The van der Waals surface area contributed by atoms with Crippen LogP contribution in [-0.4, -0.2) is 75.1 Å². The third-order valence-electron chi connectivity index (χ3n) is 4.91. The van der Waals surface area contributed by atoms with Crippen LogP contribution >= 0.6 is 0 Å². The summed E-state index contributed by atoms with van der Waals surface area (Å²) in [7, 11) is 3.73. The van der Waals surface area contributed by atoms with Crippen molar-refractivity contribution in [3.63, 3.8) is 0 Å². The smallest absolute Gasteiger partial charge is 0.229 e. The fourth-order valence-corrected chi connectivity index (χ4v) is 3.52. The van der Waals surface area contributed by atoms with E-state index in [0.29, 0.717) is 39.3 Å². The normalized spacial score (nSPS) is 20.9. The molecule has 2 rings (SSSR count). The first-order chi connectivity index (χ1) is 10.6. The lowest BCUT2D eigenvalue weighted by Crippen LogP contribution is -2.47. The fraction of sp³-hybridized carbons (Fsp3) is 0.875. The number of hydrogen-bond donors (Lipinski definition) is 1. The van der Waals surface area contributed by atoms with Gasteiger partial charge in [0.2, 0.25) is 11.8 Å². The lowest BCUT2D eigenvalue weighted by molar-refractivity contribution is -0.148. The van der Waals surface area contributed by atoms with Crippen LogP contribution in [0, 0.1) is 5.41 Å². The summed E-state index contributed by atoms with van der Waals surface area (Å²) in [5.41, 5.74) is -0.474. The third-order valence-corrected chi connectivity index (χ3v) is 4.91. The highest BCUT2D eigenvalue weighted by molar-refractivity contribution is 5.89. The molecule has 1 N–H and O–H groups in total. The Hall–Kier alpha value is -1.14. The van der Waals surface area contributed by atoms with Gasteiger partial charge in [-0.1, -0.05) is 12.8 Å². The number of amides is 2. The highest BCUT2D eigenvalue weighted by atomic mass is 16.5. The molecular formula is C16H29N3O3. The Kier molecular flexibility index (Phi) is 6.20. The van der Waals surface area contributed by atoms with Crippen molar-refractivity contribution in [3.8, 4) is 0 Å². The predicted octanol–water partition coefficient (Wildman–Crippen LogP) is 0.474. The van der Waals surface area contributed by atoms with Crippen molar-refractivity contribution in [3.05, 3.63) is 0 Å². The maximum atomic E-state index is 12.9. The molecule has 126 valence electrons. The minimum Gasteiger partial charge on any atom is -0.378 e. The molecule has 2 aliphatic rings.